The number of hydrogen-bond acceptors (Lipinski definition) is 3. The SMILES string of the molecule is Cc1ccc(NC(=O)c2nn(C)cc2N)cc1. The molecule has 1 amide bonds. The number of aromatic nitrogens is 2. The Balaban J connectivity index is 2.17. The Morgan fingerprint density at radius 2 is 2.00 bits per heavy atom. The lowest BCUT2D eigenvalue weighted by Gasteiger charge is -2.03. The van der Waals surface area contributed by atoms with Crippen molar-refractivity contribution < 1.29 is 4.79 Å². The van der Waals surface area contributed by atoms with Crippen molar-refractivity contribution in [3.63, 3.8) is 0 Å². The van der Waals surface area contributed by atoms with Crippen LogP contribution in [0.5, 0.6) is 0 Å². The number of carbonyl (C=O) groups excluding carboxylic acids is 1. The summed E-state index contributed by atoms with van der Waals surface area (Å²) in [4.78, 5) is 11.9. The third kappa shape index (κ3) is 2.44. The first-order valence-corrected chi connectivity index (χ1v) is 5.23. The lowest BCUT2D eigenvalue weighted by atomic mass is 10.2. The van der Waals surface area contributed by atoms with Gasteiger partial charge in [0, 0.05) is 18.9 Å². The van der Waals surface area contributed by atoms with Gasteiger partial charge in [-0.3, -0.25) is 9.48 Å². The lowest BCUT2D eigenvalue weighted by molar-refractivity contribution is 0.102. The normalized spacial score (nSPS) is 10.2. The summed E-state index contributed by atoms with van der Waals surface area (Å²) >= 11 is 0. The van der Waals surface area contributed by atoms with Gasteiger partial charge in [0.05, 0.1) is 5.69 Å². The van der Waals surface area contributed by atoms with E-state index in [1.54, 1.807) is 13.2 Å². The molecule has 0 radical (unpaired) electrons. The van der Waals surface area contributed by atoms with Crippen LogP contribution in [-0.2, 0) is 7.05 Å². The van der Waals surface area contributed by atoms with Gasteiger partial charge in [-0.25, -0.2) is 0 Å². The Bertz CT molecular complexity index is 542. The molecule has 0 saturated heterocycles. The quantitative estimate of drug-likeness (QED) is 0.822. The molecule has 1 aromatic carbocycles. The Labute approximate surface area is 99.2 Å². The number of carbonyl (C=O) groups is 1. The number of aryl methyl sites for hydroxylation is 2. The molecule has 0 saturated carbocycles. The number of nitrogens with one attached hydrogen (secondary N) is 1. The lowest BCUT2D eigenvalue weighted by Crippen LogP contribution is -2.14. The zero-order valence-electron chi connectivity index (χ0n) is 9.77. The summed E-state index contributed by atoms with van der Waals surface area (Å²) in [5.41, 5.74) is 8.16. The first-order valence-electron chi connectivity index (χ1n) is 5.23. The molecule has 0 fully saturated rings. The maximum atomic E-state index is 11.9. The van der Waals surface area contributed by atoms with Gasteiger partial charge in [0.25, 0.3) is 5.91 Å². The van der Waals surface area contributed by atoms with Crippen molar-refractivity contribution in [3.05, 3.63) is 41.7 Å². The molecule has 5 nitrogen and oxygen atoms in total. The van der Waals surface area contributed by atoms with Crippen LogP contribution < -0.4 is 11.1 Å². The maximum Gasteiger partial charge on any atom is 0.278 e. The minimum absolute atomic E-state index is 0.244. The Kier molecular flexibility index (Phi) is 2.82. The molecule has 0 unspecified atom stereocenters. The molecule has 0 bridgehead atoms. The number of anilines is 2. The number of rotatable bonds is 2. The summed E-state index contributed by atoms with van der Waals surface area (Å²) < 4.78 is 1.51. The topological polar surface area (TPSA) is 72.9 Å². The van der Waals surface area contributed by atoms with Crippen LogP contribution in [0.3, 0.4) is 0 Å². The third-order valence-electron chi connectivity index (χ3n) is 2.38. The van der Waals surface area contributed by atoms with Crippen molar-refractivity contribution in [1.29, 1.82) is 0 Å². The molecule has 0 aliphatic rings. The van der Waals surface area contributed by atoms with Crippen LogP contribution in [0.1, 0.15) is 16.1 Å². The summed E-state index contributed by atoms with van der Waals surface area (Å²) in [5.74, 6) is -0.299. The minimum atomic E-state index is -0.299. The summed E-state index contributed by atoms with van der Waals surface area (Å²) in [6.45, 7) is 1.99. The molecule has 3 N–H and O–H groups in total. The van der Waals surface area contributed by atoms with Gasteiger partial charge >= 0.3 is 0 Å². The van der Waals surface area contributed by atoms with E-state index in [-0.39, 0.29) is 11.6 Å². The Hall–Kier alpha value is -2.30. The molecule has 5 heteroatoms. The van der Waals surface area contributed by atoms with Crippen LogP contribution in [0.15, 0.2) is 30.5 Å². The predicted molar refractivity (Wildman–Crippen MR) is 66.8 cm³/mol. The number of nitrogens with two attached hydrogens (primary N) is 1. The highest BCUT2D eigenvalue weighted by Crippen LogP contribution is 2.13. The van der Waals surface area contributed by atoms with Crippen molar-refractivity contribution in [2.45, 2.75) is 6.92 Å². The van der Waals surface area contributed by atoms with Gasteiger partial charge in [0.1, 0.15) is 0 Å². The van der Waals surface area contributed by atoms with E-state index >= 15 is 0 Å². The van der Waals surface area contributed by atoms with Gasteiger partial charge in [0.2, 0.25) is 0 Å². The van der Waals surface area contributed by atoms with Gasteiger partial charge in [-0.1, -0.05) is 17.7 Å². The number of amides is 1. The molecule has 0 aliphatic carbocycles. The highest BCUT2D eigenvalue weighted by Gasteiger charge is 2.13. The fourth-order valence-electron chi connectivity index (χ4n) is 1.51. The summed E-state index contributed by atoms with van der Waals surface area (Å²) in [5, 5.41) is 6.75. The molecule has 2 aromatic rings. The van der Waals surface area contributed by atoms with Gasteiger partial charge in [-0.05, 0) is 19.1 Å². The van der Waals surface area contributed by atoms with Crippen molar-refractivity contribution in [3.8, 4) is 0 Å². The van der Waals surface area contributed by atoms with Crippen LogP contribution in [0, 0.1) is 6.92 Å². The zero-order valence-corrected chi connectivity index (χ0v) is 9.77. The molecule has 17 heavy (non-hydrogen) atoms. The zero-order chi connectivity index (χ0) is 12.4. The predicted octanol–water partition coefficient (Wildman–Crippen LogP) is 1.56. The first kappa shape index (κ1) is 11.2. The molecule has 0 spiro atoms. The van der Waals surface area contributed by atoms with Gasteiger partial charge < -0.3 is 11.1 Å². The molecule has 2 rings (SSSR count). The van der Waals surface area contributed by atoms with Crippen LogP contribution in [0.4, 0.5) is 11.4 Å². The Morgan fingerprint density at radius 3 is 2.53 bits per heavy atom. The largest absolute Gasteiger partial charge is 0.396 e. The fourth-order valence-corrected chi connectivity index (χ4v) is 1.51. The van der Waals surface area contributed by atoms with E-state index < -0.39 is 0 Å². The van der Waals surface area contributed by atoms with Crippen molar-refractivity contribution >= 4 is 17.3 Å². The van der Waals surface area contributed by atoms with Crippen molar-refractivity contribution in [2.75, 3.05) is 11.1 Å². The molecule has 0 aliphatic heterocycles. The van der Waals surface area contributed by atoms with Crippen LogP contribution >= 0.6 is 0 Å². The van der Waals surface area contributed by atoms with E-state index in [4.69, 9.17) is 5.73 Å². The molecular formula is C12H14N4O. The second-order valence-corrected chi connectivity index (χ2v) is 3.93. The van der Waals surface area contributed by atoms with Crippen molar-refractivity contribution in [1.82, 2.24) is 9.78 Å². The van der Waals surface area contributed by atoms with E-state index in [2.05, 4.69) is 10.4 Å². The molecule has 1 aromatic heterocycles. The molecule has 1 heterocycles. The number of benzene rings is 1. The summed E-state index contributed by atoms with van der Waals surface area (Å²) in [6, 6.07) is 7.54. The monoisotopic (exact) mass is 230 g/mol. The summed E-state index contributed by atoms with van der Waals surface area (Å²) in [6.07, 6.45) is 1.60. The van der Waals surface area contributed by atoms with E-state index in [0.29, 0.717) is 5.69 Å². The van der Waals surface area contributed by atoms with Crippen LogP contribution in [0.25, 0.3) is 0 Å². The number of hydrogen-bond donors (Lipinski definition) is 2. The van der Waals surface area contributed by atoms with Crippen LogP contribution in [0.2, 0.25) is 0 Å². The third-order valence-corrected chi connectivity index (χ3v) is 2.38. The van der Waals surface area contributed by atoms with E-state index in [9.17, 15) is 4.79 Å². The first-order chi connectivity index (χ1) is 8.06. The second kappa shape index (κ2) is 4.29. The highest BCUT2D eigenvalue weighted by molar-refractivity contribution is 6.06. The van der Waals surface area contributed by atoms with Gasteiger partial charge in [-0.2, -0.15) is 5.10 Å². The fraction of sp³-hybridized carbons (Fsp3) is 0.167. The van der Waals surface area contributed by atoms with E-state index in [1.165, 1.54) is 4.68 Å². The average molecular weight is 230 g/mol. The number of nitrogens with zero attached hydrogens (tertiary/aromatic N) is 2. The van der Waals surface area contributed by atoms with E-state index in [1.807, 2.05) is 31.2 Å². The molecule has 0 atom stereocenters. The highest BCUT2D eigenvalue weighted by atomic mass is 16.2. The standard InChI is InChI=1S/C12H14N4O/c1-8-3-5-9(6-4-8)14-12(17)11-10(13)7-16(2)15-11/h3-7H,13H2,1-2H3,(H,14,17). The maximum absolute atomic E-state index is 11.9. The van der Waals surface area contributed by atoms with Gasteiger partial charge in [0.15, 0.2) is 5.69 Å². The molecular weight excluding hydrogens is 216 g/mol. The second-order valence-electron chi connectivity index (χ2n) is 3.93. The van der Waals surface area contributed by atoms with Crippen molar-refractivity contribution in [2.24, 2.45) is 7.05 Å². The van der Waals surface area contributed by atoms with E-state index in [0.717, 1.165) is 11.3 Å². The van der Waals surface area contributed by atoms with Crippen LogP contribution in [-0.4, -0.2) is 15.7 Å². The molecule has 88 valence electrons. The Morgan fingerprint density at radius 1 is 1.35 bits per heavy atom. The smallest absolute Gasteiger partial charge is 0.278 e. The average Bonchev–Trinajstić information content (AvgIpc) is 2.61. The van der Waals surface area contributed by atoms with Gasteiger partial charge in [-0.15, -0.1) is 0 Å². The minimum Gasteiger partial charge on any atom is -0.396 e. The summed E-state index contributed by atoms with van der Waals surface area (Å²) in [7, 11) is 1.72. The number of nitrogen functional groups attached to an aromatic ring is 1.